The van der Waals surface area contributed by atoms with Gasteiger partial charge in [-0.15, -0.1) is 0 Å². The van der Waals surface area contributed by atoms with Crippen LogP contribution in [0.2, 0.25) is 0 Å². The zero-order chi connectivity index (χ0) is 13.0. The molecule has 0 amide bonds. The first-order chi connectivity index (χ1) is 8.74. The average Bonchev–Trinajstić information content (AvgIpc) is 2.91. The highest BCUT2D eigenvalue weighted by atomic mass is 16.5. The minimum Gasteiger partial charge on any atom is -0.493 e. The van der Waals surface area contributed by atoms with Gasteiger partial charge in [0, 0.05) is 5.56 Å². The Balaban J connectivity index is 2.19. The third kappa shape index (κ3) is 2.75. The standard InChI is InChI=1S/C14H19NO3/c1-10(15-16)11-7-8-13(14(9-11)17-2)18-12-5-3-4-6-12/h7-9,12,16H,3-6H2,1-2H3/b15-10+. The van der Waals surface area contributed by atoms with Crippen LogP contribution in [-0.2, 0) is 0 Å². The lowest BCUT2D eigenvalue weighted by molar-refractivity contribution is 0.201. The lowest BCUT2D eigenvalue weighted by Crippen LogP contribution is -2.11. The second-order valence-electron chi connectivity index (χ2n) is 4.58. The van der Waals surface area contributed by atoms with Crippen LogP contribution >= 0.6 is 0 Å². The van der Waals surface area contributed by atoms with E-state index in [-0.39, 0.29) is 0 Å². The number of benzene rings is 1. The van der Waals surface area contributed by atoms with Crippen LogP contribution in [0.15, 0.2) is 23.4 Å². The van der Waals surface area contributed by atoms with Crippen LogP contribution in [0, 0.1) is 0 Å². The number of oxime groups is 1. The van der Waals surface area contributed by atoms with Crippen molar-refractivity contribution in [1.29, 1.82) is 0 Å². The minimum absolute atomic E-state index is 0.303. The topological polar surface area (TPSA) is 51.0 Å². The first-order valence-corrected chi connectivity index (χ1v) is 6.28. The normalized spacial score (nSPS) is 16.9. The van der Waals surface area contributed by atoms with E-state index in [2.05, 4.69) is 5.16 Å². The van der Waals surface area contributed by atoms with E-state index in [4.69, 9.17) is 14.7 Å². The first-order valence-electron chi connectivity index (χ1n) is 6.28. The summed E-state index contributed by atoms with van der Waals surface area (Å²) in [5.74, 6) is 1.45. The van der Waals surface area contributed by atoms with Gasteiger partial charge in [0.2, 0.25) is 0 Å². The summed E-state index contributed by atoms with van der Waals surface area (Å²) in [5, 5.41) is 12.0. The summed E-state index contributed by atoms with van der Waals surface area (Å²) in [5.41, 5.74) is 1.38. The van der Waals surface area contributed by atoms with Crippen molar-refractivity contribution in [3.63, 3.8) is 0 Å². The van der Waals surface area contributed by atoms with Crippen molar-refractivity contribution >= 4 is 5.71 Å². The monoisotopic (exact) mass is 249 g/mol. The summed E-state index contributed by atoms with van der Waals surface area (Å²) < 4.78 is 11.3. The van der Waals surface area contributed by atoms with Gasteiger partial charge in [0.15, 0.2) is 11.5 Å². The molecule has 4 heteroatoms. The fourth-order valence-corrected chi connectivity index (χ4v) is 2.23. The van der Waals surface area contributed by atoms with Gasteiger partial charge in [-0.2, -0.15) is 0 Å². The van der Waals surface area contributed by atoms with Gasteiger partial charge in [0.1, 0.15) is 0 Å². The number of methoxy groups -OCH3 is 1. The van der Waals surface area contributed by atoms with E-state index in [0.717, 1.165) is 24.2 Å². The summed E-state index contributed by atoms with van der Waals surface area (Å²) in [6.07, 6.45) is 5.00. The zero-order valence-electron chi connectivity index (χ0n) is 10.8. The Labute approximate surface area is 107 Å². The molecule has 1 saturated carbocycles. The number of ether oxygens (including phenoxy) is 2. The molecule has 4 nitrogen and oxygen atoms in total. The van der Waals surface area contributed by atoms with Gasteiger partial charge in [-0.3, -0.25) is 0 Å². The van der Waals surface area contributed by atoms with Crippen molar-refractivity contribution in [2.24, 2.45) is 5.16 Å². The molecule has 0 bridgehead atoms. The molecule has 98 valence electrons. The van der Waals surface area contributed by atoms with Crippen molar-refractivity contribution in [2.45, 2.75) is 38.7 Å². The lowest BCUT2D eigenvalue weighted by Gasteiger charge is -2.16. The van der Waals surface area contributed by atoms with Crippen LogP contribution in [0.3, 0.4) is 0 Å². The highest BCUT2D eigenvalue weighted by Crippen LogP contribution is 2.32. The average molecular weight is 249 g/mol. The third-order valence-corrected chi connectivity index (χ3v) is 3.33. The molecule has 1 aromatic rings. The van der Waals surface area contributed by atoms with Crippen molar-refractivity contribution in [3.05, 3.63) is 23.8 Å². The van der Waals surface area contributed by atoms with Crippen LogP contribution in [0.1, 0.15) is 38.2 Å². The summed E-state index contributed by atoms with van der Waals surface area (Å²) >= 11 is 0. The molecule has 0 atom stereocenters. The fourth-order valence-electron chi connectivity index (χ4n) is 2.23. The molecule has 1 fully saturated rings. The van der Waals surface area contributed by atoms with Crippen LogP contribution in [0.5, 0.6) is 11.5 Å². The molecule has 0 unspecified atom stereocenters. The smallest absolute Gasteiger partial charge is 0.161 e. The molecule has 0 spiro atoms. The van der Waals surface area contributed by atoms with Gasteiger partial charge in [0.25, 0.3) is 0 Å². The van der Waals surface area contributed by atoms with Crippen LogP contribution in [0.4, 0.5) is 0 Å². The Hall–Kier alpha value is -1.71. The molecule has 1 aromatic carbocycles. The van der Waals surface area contributed by atoms with Crippen molar-refractivity contribution in [3.8, 4) is 11.5 Å². The second-order valence-corrected chi connectivity index (χ2v) is 4.58. The van der Waals surface area contributed by atoms with E-state index < -0.39 is 0 Å². The molecular formula is C14H19NO3. The third-order valence-electron chi connectivity index (χ3n) is 3.33. The van der Waals surface area contributed by atoms with Crippen molar-refractivity contribution in [1.82, 2.24) is 0 Å². The summed E-state index contributed by atoms with van der Waals surface area (Å²) in [4.78, 5) is 0. The van der Waals surface area contributed by atoms with Crippen LogP contribution in [-0.4, -0.2) is 24.1 Å². The summed E-state index contributed by atoms with van der Waals surface area (Å²) in [6.45, 7) is 1.74. The lowest BCUT2D eigenvalue weighted by atomic mass is 10.1. The van der Waals surface area contributed by atoms with E-state index in [1.165, 1.54) is 12.8 Å². The quantitative estimate of drug-likeness (QED) is 0.506. The van der Waals surface area contributed by atoms with Gasteiger partial charge in [-0.1, -0.05) is 5.16 Å². The second kappa shape index (κ2) is 5.76. The molecule has 1 aliphatic rings. The number of hydrogen-bond donors (Lipinski definition) is 1. The Morgan fingerprint density at radius 2 is 2.00 bits per heavy atom. The summed E-state index contributed by atoms with van der Waals surface area (Å²) in [6, 6.07) is 5.59. The molecular weight excluding hydrogens is 230 g/mol. The van der Waals surface area contributed by atoms with E-state index in [0.29, 0.717) is 17.6 Å². The van der Waals surface area contributed by atoms with Gasteiger partial charge in [0.05, 0.1) is 18.9 Å². The number of nitrogens with zero attached hydrogens (tertiary/aromatic N) is 1. The van der Waals surface area contributed by atoms with E-state index in [1.807, 2.05) is 18.2 Å². The molecule has 0 saturated heterocycles. The van der Waals surface area contributed by atoms with E-state index in [9.17, 15) is 0 Å². The molecule has 1 aliphatic carbocycles. The van der Waals surface area contributed by atoms with E-state index in [1.54, 1.807) is 14.0 Å². The van der Waals surface area contributed by atoms with Gasteiger partial charge >= 0.3 is 0 Å². The first kappa shape index (κ1) is 12.7. The number of rotatable bonds is 4. The Kier molecular flexibility index (Phi) is 4.07. The molecule has 0 aliphatic heterocycles. The van der Waals surface area contributed by atoms with Crippen LogP contribution in [0.25, 0.3) is 0 Å². The van der Waals surface area contributed by atoms with Crippen LogP contribution < -0.4 is 9.47 Å². The maximum absolute atomic E-state index is 8.77. The molecule has 18 heavy (non-hydrogen) atoms. The molecule has 1 N–H and O–H groups in total. The van der Waals surface area contributed by atoms with Crippen molar-refractivity contribution < 1.29 is 14.7 Å². The Morgan fingerprint density at radius 1 is 1.28 bits per heavy atom. The van der Waals surface area contributed by atoms with E-state index >= 15 is 0 Å². The Bertz CT molecular complexity index is 437. The highest BCUT2D eigenvalue weighted by Gasteiger charge is 2.18. The molecule has 2 rings (SSSR count). The van der Waals surface area contributed by atoms with Gasteiger partial charge in [-0.05, 0) is 50.8 Å². The molecule has 0 aromatic heterocycles. The van der Waals surface area contributed by atoms with Crippen molar-refractivity contribution in [2.75, 3.05) is 7.11 Å². The van der Waals surface area contributed by atoms with Gasteiger partial charge in [-0.25, -0.2) is 0 Å². The summed E-state index contributed by atoms with van der Waals surface area (Å²) in [7, 11) is 1.62. The zero-order valence-corrected chi connectivity index (χ0v) is 10.8. The molecule has 0 radical (unpaired) electrons. The Morgan fingerprint density at radius 3 is 2.61 bits per heavy atom. The maximum Gasteiger partial charge on any atom is 0.161 e. The fraction of sp³-hybridized carbons (Fsp3) is 0.500. The SMILES string of the molecule is COc1cc(/C(C)=N/O)ccc1OC1CCCC1. The predicted molar refractivity (Wildman–Crippen MR) is 69.9 cm³/mol. The predicted octanol–water partition coefficient (Wildman–Crippen LogP) is 3.21. The number of hydrogen-bond acceptors (Lipinski definition) is 4. The maximum atomic E-state index is 8.77. The molecule has 0 heterocycles. The minimum atomic E-state index is 0.303. The van der Waals surface area contributed by atoms with Gasteiger partial charge < -0.3 is 14.7 Å². The largest absolute Gasteiger partial charge is 0.493 e. The highest BCUT2D eigenvalue weighted by molar-refractivity contribution is 5.98.